The van der Waals surface area contributed by atoms with Gasteiger partial charge in [-0.25, -0.2) is 0 Å². The van der Waals surface area contributed by atoms with Gasteiger partial charge >= 0.3 is 0 Å². The van der Waals surface area contributed by atoms with Crippen LogP contribution in [0.1, 0.15) is 17.9 Å². The molecule has 22 heavy (non-hydrogen) atoms. The fourth-order valence-electron chi connectivity index (χ4n) is 2.88. The first-order valence-electron chi connectivity index (χ1n) is 7.11. The molecule has 118 valence electrons. The number of benzene rings is 1. The molecule has 0 radical (unpaired) electrons. The molecule has 5 nitrogen and oxygen atoms in total. The van der Waals surface area contributed by atoms with E-state index >= 15 is 0 Å². The maximum Gasteiger partial charge on any atom is 0.248 e. The fraction of sp³-hybridized carbons (Fsp3) is 0.467. The van der Waals surface area contributed by atoms with Gasteiger partial charge in [0.25, 0.3) is 0 Å². The zero-order valence-electron chi connectivity index (χ0n) is 11.8. The molecule has 2 N–H and O–H groups in total. The Morgan fingerprint density at radius 1 is 1.23 bits per heavy atom. The van der Waals surface area contributed by atoms with Crippen molar-refractivity contribution >= 4 is 35.0 Å². The maximum absolute atomic E-state index is 12.5. The standard InChI is InChI=1S/C15H16Cl2N2O3/c16-9-3-8(4-10(17)5-9)11-6-12(11)15(21)19-1-2-22-13(7-19)14(18)20/h3-5,11-13H,1-2,6-7H2,(H2,18,20)/t11-,12-,13+/m1/s1. The van der Waals surface area contributed by atoms with Crippen LogP contribution in [-0.2, 0) is 14.3 Å². The topological polar surface area (TPSA) is 72.6 Å². The molecule has 3 rings (SSSR count). The van der Waals surface area contributed by atoms with Crippen LogP contribution in [0.2, 0.25) is 10.0 Å². The van der Waals surface area contributed by atoms with E-state index in [2.05, 4.69) is 0 Å². The first kappa shape index (κ1) is 15.6. The second-order valence-electron chi connectivity index (χ2n) is 5.70. The number of primary amides is 1. The van der Waals surface area contributed by atoms with E-state index in [1.807, 2.05) is 12.1 Å². The van der Waals surface area contributed by atoms with E-state index < -0.39 is 12.0 Å². The average Bonchev–Trinajstić information content (AvgIpc) is 3.26. The smallest absolute Gasteiger partial charge is 0.248 e. The third-order valence-electron chi connectivity index (χ3n) is 4.12. The lowest BCUT2D eigenvalue weighted by Crippen LogP contribution is -2.50. The van der Waals surface area contributed by atoms with Gasteiger partial charge in [0.1, 0.15) is 0 Å². The van der Waals surface area contributed by atoms with Crippen molar-refractivity contribution in [1.29, 1.82) is 0 Å². The molecule has 0 unspecified atom stereocenters. The molecule has 1 saturated carbocycles. The van der Waals surface area contributed by atoms with Crippen LogP contribution in [0.4, 0.5) is 0 Å². The molecule has 1 saturated heterocycles. The van der Waals surface area contributed by atoms with Gasteiger partial charge in [0, 0.05) is 22.5 Å². The Labute approximate surface area is 138 Å². The average molecular weight is 343 g/mol. The van der Waals surface area contributed by atoms with Crippen molar-refractivity contribution in [2.24, 2.45) is 11.7 Å². The summed E-state index contributed by atoms with van der Waals surface area (Å²) in [5.74, 6) is -0.443. The quantitative estimate of drug-likeness (QED) is 0.910. The lowest BCUT2D eigenvalue weighted by molar-refractivity contribution is -0.146. The van der Waals surface area contributed by atoms with E-state index in [4.69, 9.17) is 33.7 Å². The summed E-state index contributed by atoms with van der Waals surface area (Å²) in [6, 6.07) is 5.36. The lowest BCUT2D eigenvalue weighted by atomic mass is 10.1. The first-order valence-corrected chi connectivity index (χ1v) is 7.87. The van der Waals surface area contributed by atoms with Crippen LogP contribution in [0.3, 0.4) is 0 Å². The molecule has 1 aromatic rings. The van der Waals surface area contributed by atoms with Gasteiger partial charge in [-0.05, 0) is 36.1 Å². The molecular formula is C15H16Cl2N2O3. The molecule has 2 aliphatic rings. The SMILES string of the molecule is NC(=O)[C@@H]1CN(C(=O)[C@@H]2C[C@@H]2c2cc(Cl)cc(Cl)c2)CCO1. The molecule has 2 amide bonds. The summed E-state index contributed by atoms with van der Waals surface area (Å²) in [6.45, 7) is 1.05. The van der Waals surface area contributed by atoms with E-state index in [9.17, 15) is 9.59 Å². The van der Waals surface area contributed by atoms with Crippen molar-refractivity contribution in [3.63, 3.8) is 0 Å². The van der Waals surface area contributed by atoms with Gasteiger partial charge < -0.3 is 15.4 Å². The van der Waals surface area contributed by atoms with E-state index in [-0.39, 0.29) is 24.3 Å². The number of rotatable bonds is 3. The highest BCUT2D eigenvalue weighted by molar-refractivity contribution is 6.34. The molecule has 1 heterocycles. The summed E-state index contributed by atoms with van der Waals surface area (Å²) in [5, 5.41) is 1.14. The molecule has 0 bridgehead atoms. The highest BCUT2D eigenvalue weighted by Crippen LogP contribution is 2.49. The van der Waals surface area contributed by atoms with Crippen LogP contribution in [0, 0.1) is 5.92 Å². The van der Waals surface area contributed by atoms with E-state index in [1.54, 1.807) is 11.0 Å². The molecule has 3 atom stereocenters. The zero-order valence-corrected chi connectivity index (χ0v) is 13.3. The van der Waals surface area contributed by atoms with Crippen molar-refractivity contribution in [2.45, 2.75) is 18.4 Å². The van der Waals surface area contributed by atoms with E-state index in [1.165, 1.54) is 0 Å². The van der Waals surface area contributed by atoms with Gasteiger partial charge in [0.15, 0.2) is 6.10 Å². The summed E-state index contributed by atoms with van der Waals surface area (Å²) < 4.78 is 5.26. The Hall–Kier alpha value is -1.30. The minimum absolute atomic E-state index is 0.0376. The van der Waals surface area contributed by atoms with Crippen LogP contribution in [0.5, 0.6) is 0 Å². The predicted octanol–water partition coefficient (Wildman–Crippen LogP) is 1.81. The number of hydrogen-bond acceptors (Lipinski definition) is 3. The van der Waals surface area contributed by atoms with Gasteiger partial charge in [0.2, 0.25) is 11.8 Å². The largest absolute Gasteiger partial charge is 0.367 e. The summed E-state index contributed by atoms with van der Waals surface area (Å²) >= 11 is 12.0. The van der Waals surface area contributed by atoms with Gasteiger partial charge in [-0.3, -0.25) is 9.59 Å². The van der Waals surface area contributed by atoms with Gasteiger partial charge in [0.05, 0.1) is 13.2 Å². The van der Waals surface area contributed by atoms with Gasteiger partial charge in [-0.1, -0.05) is 23.2 Å². The minimum atomic E-state index is -0.712. The number of amides is 2. The molecular weight excluding hydrogens is 327 g/mol. The third kappa shape index (κ3) is 3.21. The van der Waals surface area contributed by atoms with Crippen molar-refractivity contribution in [1.82, 2.24) is 4.90 Å². The number of halogens is 2. The highest BCUT2D eigenvalue weighted by Gasteiger charge is 2.46. The van der Waals surface area contributed by atoms with Crippen LogP contribution in [-0.4, -0.2) is 42.5 Å². The molecule has 0 spiro atoms. The fourth-order valence-corrected chi connectivity index (χ4v) is 3.42. The summed E-state index contributed by atoms with van der Waals surface area (Å²) in [6.07, 6.45) is 0.0594. The Morgan fingerprint density at radius 2 is 1.91 bits per heavy atom. The van der Waals surface area contributed by atoms with Crippen LogP contribution >= 0.6 is 23.2 Å². The van der Waals surface area contributed by atoms with Crippen LogP contribution in [0.25, 0.3) is 0 Å². The summed E-state index contributed by atoms with van der Waals surface area (Å²) in [5.41, 5.74) is 6.22. The number of nitrogens with zero attached hydrogens (tertiary/aromatic N) is 1. The van der Waals surface area contributed by atoms with Crippen LogP contribution < -0.4 is 5.73 Å². The lowest BCUT2D eigenvalue weighted by Gasteiger charge is -2.31. The van der Waals surface area contributed by atoms with Crippen molar-refractivity contribution in [3.8, 4) is 0 Å². The highest BCUT2D eigenvalue weighted by atomic mass is 35.5. The van der Waals surface area contributed by atoms with Gasteiger partial charge in [-0.15, -0.1) is 0 Å². The van der Waals surface area contributed by atoms with Crippen molar-refractivity contribution in [2.75, 3.05) is 19.7 Å². The molecule has 0 aromatic heterocycles. The number of hydrogen-bond donors (Lipinski definition) is 1. The Bertz CT molecular complexity index is 603. The number of nitrogens with two attached hydrogens (primary N) is 1. The molecule has 1 aliphatic heterocycles. The number of morpholine rings is 1. The van der Waals surface area contributed by atoms with Gasteiger partial charge in [-0.2, -0.15) is 0 Å². The molecule has 1 aliphatic carbocycles. The van der Waals surface area contributed by atoms with E-state index in [0.29, 0.717) is 23.2 Å². The number of carbonyl (C=O) groups excluding carboxylic acids is 2. The second-order valence-corrected chi connectivity index (χ2v) is 6.57. The van der Waals surface area contributed by atoms with E-state index in [0.717, 1.165) is 12.0 Å². The minimum Gasteiger partial charge on any atom is -0.367 e. The third-order valence-corrected chi connectivity index (χ3v) is 4.55. The first-order chi connectivity index (χ1) is 10.5. The Morgan fingerprint density at radius 3 is 2.55 bits per heavy atom. The van der Waals surface area contributed by atoms with Crippen molar-refractivity contribution < 1.29 is 14.3 Å². The predicted molar refractivity (Wildman–Crippen MR) is 82.8 cm³/mol. The maximum atomic E-state index is 12.5. The number of ether oxygens (including phenoxy) is 1. The monoisotopic (exact) mass is 342 g/mol. The molecule has 1 aromatic carbocycles. The molecule has 7 heteroatoms. The Kier molecular flexibility index (Phi) is 4.30. The zero-order chi connectivity index (χ0) is 15.9. The number of carbonyl (C=O) groups is 2. The van der Waals surface area contributed by atoms with Crippen LogP contribution in [0.15, 0.2) is 18.2 Å². The Balaban J connectivity index is 1.66. The normalized spacial score (nSPS) is 27.5. The molecule has 2 fully saturated rings. The van der Waals surface area contributed by atoms with Crippen molar-refractivity contribution in [3.05, 3.63) is 33.8 Å². The summed E-state index contributed by atoms with van der Waals surface area (Å²) in [7, 11) is 0. The second kappa shape index (κ2) is 6.07. The summed E-state index contributed by atoms with van der Waals surface area (Å²) in [4.78, 5) is 25.4.